The van der Waals surface area contributed by atoms with Crippen LogP contribution in [0.5, 0.6) is 0 Å². The molecule has 4 rings (SSSR count). The molecular weight excluding hydrogens is 448 g/mol. The summed E-state index contributed by atoms with van der Waals surface area (Å²) in [7, 11) is 1.48. The molecule has 0 unspecified atom stereocenters. The summed E-state index contributed by atoms with van der Waals surface area (Å²) in [6, 6.07) is 15.7. The molecule has 9 nitrogen and oxygen atoms in total. The van der Waals surface area contributed by atoms with Gasteiger partial charge in [0.25, 0.3) is 0 Å². The normalized spacial score (nSPS) is 13.0. The molecule has 0 radical (unpaired) electrons. The van der Waals surface area contributed by atoms with Gasteiger partial charge < -0.3 is 20.5 Å². The molecule has 0 bridgehead atoms. The molecule has 0 spiro atoms. The highest BCUT2D eigenvalue weighted by atomic mass is 16.5. The average molecular weight is 477 g/mol. The van der Waals surface area contributed by atoms with Crippen LogP contribution in [0.25, 0.3) is 11.1 Å². The van der Waals surface area contributed by atoms with E-state index in [2.05, 4.69) is 40.0 Å². The van der Waals surface area contributed by atoms with Gasteiger partial charge in [0, 0.05) is 25.4 Å². The van der Waals surface area contributed by atoms with Gasteiger partial charge in [-0.05, 0) is 28.7 Å². The number of ether oxygens (including phenoxy) is 1. The maximum atomic E-state index is 12.6. The third kappa shape index (κ3) is 5.18. The van der Waals surface area contributed by atoms with Crippen molar-refractivity contribution in [2.24, 2.45) is 7.05 Å². The fourth-order valence-electron chi connectivity index (χ4n) is 4.59. The van der Waals surface area contributed by atoms with Crippen molar-refractivity contribution in [2.45, 2.75) is 38.1 Å². The lowest BCUT2D eigenvalue weighted by atomic mass is 9.98. The number of hydrogen-bond donors (Lipinski definition) is 3. The molecule has 35 heavy (non-hydrogen) atoms. The van der Waals surface area contributed by atoms with Crippen LogP contribution in [-0.2, 0) is 16.6 Å². The van der Waals surface area contributed by atoms with Gasteiger partial charge in [-0.15, -0.1) is 0 Å². The number of alkyl carbamates (subject to hydrolysis) is 1. The maximum absolute atomic E-state index is 12.6. The number of carboxylic acids is 1. The van der Waals surface area contributed by atoms with Crippen molar-refractivity contribution < 1.29 is 24.2 Å². The Bertz CT molecular complexity index is 1210. The molecule has 2 aromatic carbocycles. The largest absolute Gasteiger partial charge is 0.476 e. The minimum absolute atomic E-state index is 0.0218. The van der Waals surface area contributed by atoms with E-state index in [1.807, 2.05) is 31.2 Å². The number of nitrogens with zero attached hydrogens (tertiary/aromatic N) is 2. The van der Waals surface area contributed by atoms with Crippen LogP contribution in [-0.4, -0.2) is 45.5 Å². The van der Waals surface area contributed by atoms with Gasteiger partial charge in [-0.3, -0.25) is 9.48 Å². The van der Waals surface area contributed by atoms with Crippen molar-refractivity contribution in [1.29, 1.82) is 0 Å². The fraction of sp³-hybridized carbons (Fsp3) is 0.308. The monoisotopic (exact) mass is 476 g/mol. The van der Waals surface area contributed by atoms with E-state index in [4.69, 9.17) is 4.74 Å². The van der Waals surface area contributed by atoms with Crippen LogP contribution < -0.4 is 10.6 Å². The van der Waals surface area contributed by atoms with Crippen molar-refractivity contribution in [1.82, 2.24) is 15.1 Å². The molecule has 3 aromatic rings. The van der Waals surface area contributed by atoms with Crippen LogP contribution >= 0.6 is 0 Å². The Morgan fingerprint density at radius 2 is 1.71 bits per heavy atom. The standard InChI is InChI=1S/C26H28N4O5/c1-3-8-16(13-23(31)29-22-14-27-30(2)24(22)25(32)33)28-26(34)35-15-21-19-11-6-4-9-17(19)18-10-5-7-12-20(18)21/h4-7,9-12,14,16,21H,3,8,13,15H2,1-2H3,(H,28,34)(H,29,31)(H,32,33)/t16-/m0/s1. The van der Waals surface area contributed by atoms with E-state index in [0.717, 1.165) is 28.7 Å². The Kier molecular flexibility index (Phi) is 7.14. The number of amides is 2. The summed E-state index contributed by atoms with van der Waals surface area (Å²) in [6.07, 6.45) is 1.98. The van der Waals surface area contributed by atoms with Gasteiger partial charge in [0.1, 0.15) is 6.61 Å². The summed E-state index contributed by atoms with van der Waals surface area (Å²) in [5.74, 6) is -1.67. The maximum Gasteiger partial charge on any atom is 0.407 e. The Morgan fingerprint density at radius 3 is 2.31 bits per heavy atom. The van der Waals surface area contributed by atoms with Gasteiger partial charge in [-0.25, -0.2) is 9.59 Å². The Morgan fingerprint density at radius 1 is 1.09 bits per heavy atom. The highest BCUT2D eigenvalue weighted by molar-refractivity contribution is 5.99. The van der Waals surface area contributed by atoms with Crippen LogP contribution in [0.2, 0.25) is 0 Å². The van der Waals surface area contributed by atoms with Crippen LogP contribution in [0, 0.1) is 0 Å². The average Bonchev–Trinajstić information content (AvgIpc) is 3.35. The quantitative estimate of drug-likeness (QED) is 0.426. The number of rotatable bonds is 9. The highest BCUT2D eigenvalue weighted by Gasteiger charge is 2.29. The van der Waals surface area contributed by atoms with E-state index in [9.17, 15) is 19.5 Å². The second-order valence-corrected chi connectivity index (χ2v) is 8.54. The van der Waals surface area contributed by atoms with Gasteiger partial charge in [0.2, 0.25) is 5.91 Å². The van der Waals surface area contributed by atoms with Crippen molar-refractivity contribution in [3.63, 3.8) is 0 Å². The van der Waals surface area contributed by atoms with Gasteiger partial charge in [-0.1, -0.05) is 61.9 Å². The number of benzene rings is 2. The summed E-state index contributed by atoms with van der Waals surface area (Å²) in [5, 5.41) is 18.6. The van der Waals surface area contributed by atoms with Crippen molar-refractivity contribution >= 4 is 23.7 Å². The second-order valence-electron chi connectivity index (χ2n) is 8.54. The molecule has 0 fully saturated rings. The Hall–Kier alpha value is -4.14. The number of hydrogen-bond acceptors (Lipinski definition) is 5. The van der Waals surface area contributed by atoms with E-state index < -0.39 is 24.0 Å². The lowest BCUT2D eigenvalue weighted by molar-refractivity contribution is -0.116. The first-order valence-corrected chi connectivity index (χ1v) is 11.6. The lowest BCUT2D eigenvalue weighted by Gasteiger charge is -2.19. The van der Waals surface area contributed by atoms with Crippen molar-refractivity contribution in [2.75, 3.05) is 11.9 Å². The molecule has 1 aliphatic carbocycles. The number of aromatic nitrogens is 2. The number of fused-ring (bicyclic) bond motifs is 3. The molecule has 0 saturated heterocycles. The fourth-order valence-corrected chi connectivity index (χ4v) is 4.59. The summed E-state index contributed by atoms with van der Waals surface area (Å²) in [5.41, 5.74) is 4.53. The third-order valence-electron chi connectivity index (χ3n) is 6.15. The zero-order chi connectivity index (χ0) is 24.9. The molecule has 9 heteroatoms. The van der Waals surface area contributed by atoms with Crippen molar-refractivity contribution in [3.05, 3.63) is 71.5 Å². The number of aryl methyl sites for hydroxylation is 1. The number of carbonyl (C=O) groups excluding carboxylic acids is 2. The Labute approximate surface area is 203 Å². The summed E-state index contributed by atoms with van der Waals surface area (Å²) in [6.45, 7) is 2.14. The number of anilines is 1. The topological polar surface area (TPSA) is 123 Å². The number of nitrogens with one attached hydrogen (secondary N) is 2. The van der Waals surface area contributed by atoms with Gasteiger partial charge >= 0.3 is 12.1 Å². The van der Waals surface area contributed by atoms with E-state index in [1.54, 1.807) is 0 Å². The summed E-state index contributed by atoms with van der Waals surface area (Å²) in [4.78, 5) is 36.6. The molecule has 0 saturated carbocycles. The molecule has 1 aromatic heterocycles. The molecule has 3 N–H and O–H groups in total. The molecule has 1 atom stereocenters. The zero-order valence-corrected chi connectivity index (χ0v) is 19.7. The first-order valence-electron chi connectivity index (χ1n) is 11.6. The van der Waals surface area contributed by atoms with Gasteiger partial charge in [0.05, 0.1) is 11.9 Å². The summed E-state index contributed by atoms with van der Waals surface area (Å²) >= 11 is 0. The zero-order valence-electron chi connectivity index (χ0n) is 19.7. The van der Waals surface area contributed by atoms with Crippen LogP contribution in [0.1, 0.15) is 53.7 Å². The first kappa shape index (κ1) is 24.0. The summed E-state index contributed by atoms with van der Waals surface area (Å²) < 4.78 is 6.77. The van der Waals surface area contributed by atoms with Gasteiger partial charge in [-0.2, -0.15) is 5.10 Å². The molecule has 0 aliphatic heterocycles. The lowest BCUT2D eigenvalue weighted by Crippen LogP contribution is -2.38. The second kappa shape index (κ2) is 10.4. The number of carboxylic acid groups (broad SMARTS) is 1. The minimum Gasteiger partial charge on any atom is -0.476 e. The Balaban J connectivity index is 1.37. The molecule has 1 aliphatic rings. The predicted octanol–water partition coefficient (Wildman–Crippen LogP) is 4.15. The SMILES string of the molecule is CCC[C@@H](CC(=O)Nc1cnn(C)c1C(=O)O)NC(=O)OCC1c2ccccc2-c2ccccc21. The smallest absolute Gasteiger partial charge is 0.407 e. The van der Waals surface area contributed by atoms with E-state index >= 15 is 0 Å². The van der Waals surface area contributed by atoms with E-state index in [1.165, 1.54) is 17.9 Å². The predicted molar refractivity (Wildman–Crippen MR) is 130 cm³/mol. The number of carbonyl (C=O) groups is 3. The van der Waals surface area contributed by atoms with E-state index in [-0.39, 0.29) is 30.3 Å². The number of aromatic carboxylic acids is 1. The van der Waals surface area contributed by atoms with Crippen LogP contribution in [0.3, 0.4) is 0 Å². The van der Waals surface area contributed by atoms with Gasteiger partial charge in [0.15, 0.2) is 5.69 Å². The van der Waals surface area contributed by atoms with Crippen LogP contribution in [0.15, 0.2) is 54.7 Å². The minimum atomic E-state index is -1.19. The molecule has 2 amide bonds. The van der Waals surface area contributed by atoms with Crippen molar-refractivity contribution in [3.8, 4) is 11.1 Å². The molecule has 182 valence electrons. The molecule has 1 heterocycles. The highest BCUT2D eigenvalue weighted by Crippen LogP contribution is 2.44. The molecular formula is C26H28N4O5. The van der Waals surface area contributed by atoms with E-state index in [0.29, 0.717) is 6.42 Å². The van der Waals surface area contributed by atoms with Crippen LogP contribution in [0.4, 0.5) is 10.5 Å². The third-order valence-corrected chi connectivity index (χ3v) is 6.15. The first-order chi connectivity index (χ1) is 16.9.